The summed E-state index contributed by atoms with van der Waals surface area (Å²) in [5.41, 5.74) is 0.556. The first kappa shape index (κ1) is 13.0. The summed E-state index contributed by atoms with van der Waals surface area (Å²) in [6, 6.07) is 8.73. The fourth-order valence-electron chi connectivity index (χ4n) is 1.78. The number of rotatable bonds is 4. The third kappa shape index (κ3) is 3.27. The number of piperazine rings is 1. The third-order valence-corrected chi connectivity index (χ3v) is 2.72. The average molecular weight is 252 g/mol. The van der Waals surface area contributed by atoms with Crippen LogP contribution in [0.3, 0.4) is 0 Å². The van der Waals surface area contributed by atoms with E-state index >= 15 is 0 Å². The van der Waals surface area contributed by atoms with Crippen LogP contribution in [0, 0.1) is 0 Å². The van der Waals surface area contributed by atoms with E-state index in [0.717, 1.165) is 13.1 Å². The number of carbonyl (C=O) groups excluding carboxylic acids is 1. The second kappa shape index (κ2) is 6.46. The molecular formula is C12H16N2O4. The van der Waals surface area contributed by atoms with Gasteiger partial charge < -0.3 is 10.2 Å². The van der Waals surface area contributed by atoms with Gasteiger partial charge in [0.05, 0.1) is 0 Å². The zero-order valence-corrected chi connectivity index (χ0v) is 9.91. The fourth-order valence-corrected chi connectivity index (χ4v) is 1.78. The summed E-state index contributed by atoms with van der Waals surface area (Å²) in [6.07, 6.45) is -1.11. The van der Waals surface area contributed by atoms with E-state index in [1.807, 2.05) is 6.07 Å². The van der Waals surface area contributed by atoms with Crippen molar-refractivity contribution in [3.05, 3.63) is 35.9 Å². The van der Waals surface area contributed by atoms with Gasteiger partial charge in [0.15, 0.2) is 0 Å². The Morgan fingerprint density at radius 3 is 2.56 bits per heavy atom. The number of hydrogen-bond acceptors (Lipinski definition) is 6. The van der Waals surface area contributed by atoms with Gasteiger partial charge in [-0.25, -0.2) is 9.68 Å². The minimum atomic E-state index is -1.11. The average Bonchev–Trinajstić information content (AvgIpc) is 2.42. The monoisotopic (exact) mass is 252 g/mol. The minimum absolute atomic E-state index is 0.556. The largest absolute Gasteiger partial charge is 0.365 e. The molecule has 6 heteroatoms. The standard InChI is InChI=1S/C12H16N2O4/c15-12(17-14-8-6-13-7-9-14)11(18-16)10-4-2-1-3-5-10/h1-5,11,13,16H,6-9H2. The smallest absolute Gasteiger partial charge is 0.362 e. The zero-order valence-electron chi connectivity index (χ0n) is 9.91. The van der Waals surface area contributed by atoms with E-state index in [9.17, 15) is 4.79 Å². The highest BCUT2D eigenvalue weighted by Gasteiger charge is 2.26. The van der Waals surface area contributed by atoms with Gasteiger partial charge >= 0.3 is 5.97 Å². The van der Waals surface area contributed by atoms with E-state index in [0.29, 0.717) is 18.7 Å². The summed E-state index contributed by atoms with van der Waals surface area (Å²) < 4.78 is 0. The van der Waals surface area contributed by atoms with Crippen LogP contribution in [0.4, 0.5) is 0 Å². The number of carbonyl (C=O) groups is 1. The molecule has 1 atom stereocenters. The Bertz CT molecular complexity index is 379. The Kier molecular flexibility index (Phi) is 4.66. The van der Waals surface area contributed by atoms with Crippen LogP contribution in [0.1, 0.15) is 11.7 Å². The van der Waals surface area contributed by atoms with Crippen molar-refractivity contribution in [3.63, 3.8) is 0 Å². The Morgan fingerprint density at radius 1 is 1.28 bits per heavy atom. The highest BCUT2D eigenvalue weighted by Crippen LogP contribution is 2.18. The Morgan fingerprint density at radius 2 is 1.94 bits per heavy atom. The molecule has 18 heavy (non-hydrogen) atoms. The molecule has 1 fully saturated rings. The molecule has 1 aliphatic heterocycles. The number of nitrogens with zero attached hydrogens (tertiary/aromatic N) is 1. The Labute approximate surface area is 105 Å². The molecule has 0 amide bonds. The highest BCUT2D eigenvalue weighted by atomic mass is 17.1. The van der Waals surface area contributed by atoms with E-state index in [4.69, 9.17) is 10.1 Å². The molecule has 1 aromatic rings. The molecule has 98 valence electrons. The van der Waals surface area contributed by atoms with Crippen molar-refractivity contribution in [2.24, 2.45) is 0 Å². The lowest BCUT2D eigenvalue weighted by atomic mass is 10.1. The number of nitrogens with one attached hydrogen (secondary N) is 1. The second-order valence-electron chi connectivity index (χ2n) is 3.99. The molecule has 0 spiro atoms. The van der Waals surface area contributed by atoms with Crippen molar-refractivity contribution in [1.82, 2.24) is 10.4 Å². The van der Waals surface area contributed by atoms with Crippen molar-refractivity contribution in [3.8, 4) is 0 Å². The summed E-state index contributed by atoms with van der Waals surface area (Å²) in [4.78, 5) is 21.3. The second-order valence-corrected chi connectivity index (χ2v) is 3.99. The quantitative estimate of drug-likeness (QED) is 0.603. The molecule has 0 radical (unpaired) electrons. The van der Waals surface area contributed by atoms with Crippen LogP contribution in [0.5, 0.6) is 0 Å². The van der Waals surface area contributed by atoms with Crippen LogP contribution in [-0.4, -0.2) is 42.5 Å². The van der Waals surface area contributed by atoms with E-state index in [1.165, 1.54) is 0 Å². The first-order valence-corrected chi connectivity index (χ1v) is 5.84. The third-order valence-electron chi connectivity index (χ3n) is 2.72. The minimum Gasteiger partial charge on any atom is -0.365 e. The molecule has 2 N–H and O–H groups in total. The van der Waals surface area contributed by atoms with Crippen LogP contribution in [0.15, 0.2) is 30.3 Å². The number of benzene rings is 1. The van der Waals surface area contributed by atoms with Gasteiger partial charge in [-0.15, -0.1) is 5.06 Å². The van der Waals surface area contributed by atoms with Gasteiger partial charge in [-0.05, 0) is 5.56 Å². The van der Waals surface area contributed by atoms with Gasteiger partial charge in [0.2, 0.25) is 6.10 Å². The molecule has 1 saturated heterocycles. The first-order valence-electron chi connectivity index (χ1n) is 5.84. The molecule has 2 rings (SSSR count). The van der Waals surface area contributed by atoms with Crippen molar-refractivity contribution < 1.29 is 19.8 Å². The maximum absolute atomic E-state index is 11.9. The van der Waals surface area contributed by atoms with Crippen LogP contribution in [0.25, 0.3) is 0 Å². The molecule has 1 aliphatic rings. The van der Waals surface area contributed by atoms with Crippen LogP contribution in [0.2, 0.25) is 0 Å². The van der Waals surface area contributed by atoms with Crippen molar-refractivity contribution in [1.29, 1.82) is 0 Å². The lowest BCUT2D eigenvalue weighted by Crippen LogP contribution is -2.45. The fraction of sp³-hybridized carbons (Fsp3) is 0.417. The van der Waals surface area contributed by atoms with Gasteiger partial charge in [-0.2, -0.15) is 0 Å². The van der Waals surface area contributed by atoms with Crippen LogP contribution < -0.4 is 5.32 Å². The van der Waals surface area contributed by atoms with Crippen LogP contribution >= 0.6 is 0 Å². The molecule has 1 unspecified atom stereocenters. The van der Waals surface area contributed by atoms with E-state index < -0.39 is 12.1 Å². The van der Waals surface area contributed by atoms with Crippen molar-refractivity contribution >= 4 is 5.97 Å². The highest BCUT2D eigenvalue weighted by molar-refractivity contribution is 5.76. The van der Waals surface area contributed by atoms with Gasteiger partial charge in [-0.1, -0.05) is 30.3 Å². The molecule has 1 aromatic carbocycles. The van der Waals surface area contributed by atoms with E-state index in [1.54, 1.807) is 29.3 Å². The van der Waals surface area contributed by atoms with E-state index in [-0.39, 0.29) is 0 Å². The molecule has 0 bridgehead atoms. The summed E-state index contributed by atoms with van der Waals surface area (Å²) in [5, 5.41) is 13.6. The zero-order chi connectivity index (χ0) is 12.8. The van der Waals surface area contributed by atoms with Crippen LogP contribution in [-0.2, 0) is 14.5 Å². The Hall–Kier alpha value is -1.47. The van der Waals surface area contributed by atoms with Crippen molar-refractivity contribution in [2.45, 2.75) is 6.10 Å². The van der Waals surface area contributed by atoms with Crippen molar-refractivity contribution in [2.75, 3.05) is 26.2 Å². The summed E-state index contributed by atoms with van der Waals surface area (Å²) in [7, 11) is 0. The molecule has 1 heterocycles. The number of hydrogen-bond donors (Lipinski definition) is 2. The Balaban J connectivity index is 1.97. The van der Waals surface area contributed by atoms with Gasteiger partial charge in [0.25, 0.3) is 0 Å². The number of hydroxylamine groups is 2. The molecular weight excluding hydrogens is 236 g/mol. The normalized spacial score (nSPS) is 18.3. The van der Waals surface area contributed by atoms with E-state index in [2.05, 4.69) is 10.2 Å². The summed E-state index contributed by atoms with van der Waals surface area (Å²) >= 11 is 0. The topological polar surface area (TPSA) is 71.0 Å². The summed E-state index contributed by atoms with van der Waals surface area (Å²) in [5.74, 6) is -0.620. The lowest BCUT2D eigenvalue weighted by Gasteiger charge is -2.26. The summed E-state index contributed by atoms with van der Waals surface area (Å²) in [6.45, 7) is 2.78. The molecule has 0 saturated carbocycles. The molecule has 6 nitrogen and oxygen atoms in total. The van der Waals surface area contributed by atoms with Gasteiger partial charge in [-0.3, -0.25) is 5.26 Å². The van der Waals surface area contributed by atoms with Gasteiger partial charge in [0, 0.05) is 26.2 Å². The molecule has 0 aromatic heterocycles. The predicted molar refractivity (Wildman–Crippen MR) is 63.4 cm³/mol. The first-order chi connectivity index (χ1) is 8.81. The SMILES string of the molecule is O=C(ON1CCNCC1)C(OO)c1ccccc1. The lowest BCUT2D eigenvalue weighted by molar-refractivity contribution is -0.291. The maximum atomic E-state index is 11.9. The maximum Gasteiger partial charge on any atom is 0.362 e. The predicted octanol–water partition coefficient (Wildman–Crippen LogP) is 0.581. The van der Waals surface area contributed by atoms with Gasteiger partial charge in [0.1, 0.15) is 0 Å². The molecule has 0 aliphatic carbocycles.